The van der Waals surface area contributed by atoms with Crippen LogP contribution >= 0.6 is 0 Å². The number of carbonyl (C=O) groups excluding carboxylic acids is 1. The third kappa shape index (κ3) is 3.13. The predicted octanol–water partition coefficient (Wildman–Crippen LogP) is 2.92. The molecule has 134 valence electrons. The van der Waals surface area contributed by atoms with Gasteiger partial charge in [0.25, 0.3) is 5.91 Å². The highest BCUT2D eigenvalue weighted by atomic mass is 16.1. The fraction of sp³-hybridized carbons (Fsp3) is 0.316. The molecule has 1 saturated heterocycles. The number of likely N-dealkylation sites (tertiary alicyclic amines) is 1. The van der Waals surface area contributed by atoms with Crippen molar-refractivity contribution in [3.63, 3.8) is 0 Å². The molecule has 1 aliphatic heterocycles. The van der Waals surface area contributed by atoms with Crippen molar-refractivity contribution in [3.05, 3.63) is 59.7 Å². The molecule has 3 heterocycles. The van der Waals surface area contributed by atoms with Crippen LogP contribution in [0.3, 0.4) is 0 Å². The van der Waals surface area contributed by atoms with Crippen LogP contribution in [0.25, 0.3) is 5.69 Å². The zero-order chi connectivity index (χ0) is 18.1. The number of rotatable bonds is 4. The summed E-state index contributed by atoms with van der Waals surface area (Å²) in [5.41, 5.74) is 4.11. The largest absolute Gasteiger partial charge is 0.320 e. The van der Waals surface area contributed by atoms with Crippen LogP contribution in [0.2, 0.25) is 0 Å². The lowest BCUT2D eigenvalue weighted by atomic mass is 10.1. The van der Waals surface area contributed by atoms with Crippen molar-refractivity contribution >= 4 is 11.6 Å². The highest BCUT2D eigenvalue weighted by Gasteiger charge is 2.25. The summed E-state index contributed by atoms with van der Waals surface area (Å²) in [4.78, 5) is 14.8. The molecule has 0 bridgehead atoms. The Balaban J connectivity index is 1.49. The van der Waals surface area contributed by atoms with Gasteiger partial charge >= 0.3 is 0 Å². The molecule has 7 nitrogen and oxygen atoms in total. The Morgan fingerprint density at radius 1 is 1.35 bits per heavy atom. The zero-order valence-corrected chi connectivity index (χ0v) is 14.9. The summed E-state index contributed by atoms with van der Waals surface area (Å²) in [6, 6.07) is 9.87. The number of hydrogen-bond donors (Lipinski definition) is 2. The van der Waals surface area contributed by atoms with Gasteiger partial charge in [-0.2, -0.15) is 10.2 Å². The van der Waals surface area contributed by atoms with Crippen LogP contribution in [0.15, 0.2) is 42.7 Å². The molecular weight excluding hydrogens is 328 g/mol. The lowest BCUT2D eigenvalue weighted by Crippen LogP contribution is -2.17. The van der Waals surface area contributed by atoms with Gasteiger partial charge < -0.3 is 5.32 Å². The van der Waals surface area contributed by atoms with E-state index in [1.54, 1.807) is 10.9 Å². The summed E-state index contributed by atoms with van der Waals surface area (Å²) < 4.78 is 1.79. The summed E-state index contributed by atoms with van der Waals surface area (Å²) in [5, 5.41) is 14.4. The molecule has 1 aliphatic rings. The summed E-state index contributed by atoms with van der Waals surface area (Å²) in [7, 11) is 2.10. The Morgan fingerprint density at radius 2 is 2.23 bits per heavy atom. The number of aromatic nitrogens is 4. The lowest BCUT2D eigenvalue weighted by Gasteiger charge is -2.16. The van der Waals surface area contributed by atoms with Crippen molar-refractivity contribution in [1.29, 1.82) is 0 Å². The van der Waals surface area contributed by atoms with E-state index in [0.29, 0.717) is 11.7 Å². The quantitative estimate of drug-likeness (QED) is 0.758. The molecule has 0 spiro atoms. The van der Waals surface area contributed by atoms with E-state index in [9.17, 15) is 4.79 Å². The average Bonchev–Trinajstić information content (AvgIpc) is 3.37. The van der Waals surface area contributed by atoms with Crippen LogP contribution in [0.1, 0.15) is 40.6 Å². The van der Waals surface area contributed by atoms with Gasteiger partial charge in [0, 0.05) is 18.1 Å². The Hall–Kier alpha value is -2.93. The number of aryl methyl sites for hydroxylation is 1. The Morgan fingerprint density at radius 3 is 2.92 bits per heavy atom. The van der Waals surface area contributed by atoms with E-state index in [0.717, 1.165) is 35.6 Å². The van der Waals surface area contributed by atoms with E-state index in [2.05, 4.69) is 32.6 Å². The molecule has 3 aromatic rings. The number of carbonyl (C=O) groups is 1. The van der Waals surface area contributed by atoms with Gasteiger partial charge in [-0.25, -0.2) is 4.68 Å². The molecule has 7 heteroatoms. The smallest absolute Gasteiger partial charge is 0.276 e. The number of H-pyrrole nitrogens is 1. The molecule has 1 aromatic carbocycles. The molecule has 1 atom stereocenters. The third-order valence-electron chi connectivity index (χ3n) is 4.94. The van der Waals surface area contributed by atoms with Crippen molar-refractivity contribution < 1.29 is 4.79 Å². The Kier molecular flexibility index (Phi) is 4.30. The van der Waals surface area contributed by atoms with Gasteiger partial charge in [-0.3, -0.25) is 14.8 Å². The maximum Gasteiger partial charge on any atom is 0.276 e. The van der Waals surface area contributed by atoms with Gasteiger partial charge in [-0.1, -0.05) is 0 Å². The molecule has 0 saturated carbocycles. The third-order valence-corrected chi connectivity index (χ3v) is 4.94. The topological polar surface area (TPSA) is 78.8 Å². The van der Waals surface area contributed by atoms with Gasteiger partial charge in [0.1, 0.15) is 0 Å². The summed E-state index contributed by atoms with van der Waals surface area (Å²) in [6.07, 6.45) is 5.89. The molecule has 26 heavy (non-hydrogen) atoms. The van der Waals surface area contributed by atoms with E-state index in [1.165, 1.54) is 6.42 Å². The zero-order valence-electron chi connectivity index (χ0n) is 14.9. The van der Waals surface area contributed by atoms with E-state index >= 15 is 0 Å². The minimum atomic E-state index is -0.205. The minimum Gasteiger partial charge on any atom is -0.320 e. The van der Waals surface area contributed by atoms with Crippen LogP contribution in [-0.2, 0) is 0 Å². The molecular formula is C19H22N6O. The SMILES string of the molecule is Cc1cc(-n2cccn2)ccc1NC(=O)c1cc(C2CCCN2C)[nH]n1. The summed E-state index contributed by atoms with van der Waals surface area (Å²) in [5.74, 6) is -0.205. The Bertz CT molecular complexity index is 914. The molecule has 2 N–H and O–H groups in total. The van der Waals surface area contributed by atoms with Crippen molar-refractivity contribution in [1.82, 2.24) is 24.9 Å². The number of benzene rings is 1. The second kappa shape index (κ2) is 6.76. The van der Waals surface area contributed by atoms with Crippen LogP contribution < -0.4 is 5.32 Å². The highest BCUT2D eigenvalue weighted by molar-refractivity contribution is 6.03. The van der Waals surface area contributed by atoms with Gasteiger partial charge in [0.2, 0.25) is 0 Å². The van der Waals surface area contributed by atoms with Gasteiger partial charge in [0.15, 0.2) is 5.69 Å². The van der Waals surface area contributed by atoms with Gasteiger partial charge in [-0.05, 0) is 69.3 Å². The number of amides is 1. The molecule has 0 aliphatic carbocycles. The van der Waals surface area contributed by atoms with Crippen LogP contribution in [-0.4, -0.2) is 44.4 Å². The van der Waals surface area contributed by atoms with E-state index in [1.807, 2.05) is 43.5 Å². The highest BCUT2D eigenvalue weighted by Crippen LogP contribution is 2.29. The molecule has 1 fully saturated rings. The fourth-order valence-corrected chi connectivity index (χ4v) is 3.47. The fourth-order valence-electron chi connectivity index (χ4n) is 3.47. The number of hydrogen-bond acceptors (Lipinski definition) is 4. The first kappa shape index (κ1) is 16.5. The van der Waals surface area contributed by atoms with Crippen molar-refractivity contribution in [2.45, 2.75) is 25.8 Å². The van der Waals surface area contributed by atoms with E-state index in [4.69, 9.17) is 0 Å². The van der Waals surface area contributed by atoms with Crippen molar-refractivity contribution in [2.75, 3.05) is 18.9 Å². The minimum absolute atomic E-state index is 0.205. The van der Waals surface area contributed by atoms with Crippen molar-refractivity contribution in [3.8, 4) is 5.69 Å². The molecule has 4 rings (SSSR count). The first-order valence-electron chi connectivity index (χ1n) is 8.79. The number of nitrogens with one attached hydrogen (secondary N) is 2. The molecule has 2 aromatic heterocycles. The van der Waals surface area contributed by atoms with Crippen molar-refractivity contribution in [2.24, 2.45) is 0 Å². The first-order valence-corrected chi connectivity index (χ1v) is 8.79. The normalized spacial score (nSPS) is 17.5. The van der Waals surface area contributed by atoms with E-state index < -0.39 is 0 Å². The maximum absolute atomic E-state index is 12.6. The number of aromatic amines is 1. The monoisotopic (exact) mass is 350 g/mol. The number of nitrogens with zero attached hydrogens (tertiary/aromatic N) is 4. The van der Waals surface area contributed by atoms with Crippen LogP contribution in [0, 0.1) is 6.92 Å². The second-order valence-corrected chi connectivity index (χ2v) is 6.75. The average molecular weight is 350 g/mol. The summed E-state index contributed by atoms with van der Waals surface area (Å²) >= 11 is 0. The summed E-state index contributed by atoms with van der Waals surface area (Å²) in [6.45, 7) is 3.04. The predicted molar refractivity (Wildman–Crippen MR) is 99.4 cm³/mol. The molecule has 0 radical (unpaired) electrons. The first-order chi connectivity index (χ1) is 12.6. The molecule has 1 amide bonds. The second-order valence-electron chi connectivity index (χ2n) is 6.75. The Labute approximate surface area is 152 Å². The standard InChI is InChI=1S/C19H22N6O/c1-13-11-14(25-10-4-8-20-25)6-7-15(13)21-19(26)17-12-16(22-23-17)18-5-3-9-24(18)2/h4,6-8,10-12,18H,3,5,9H2,1-2H3,(H,21,26)(H,22,23). The lowest BCUT2D eigenvalue weighted by molar-refractivity contribution is 0.102. The van der Waals surface area contributed by atoms with Gasteiger partial charge in [-0.15, -0.1) is 0 Å². The van der Waals surface area contributed by atoms with Crippen LogP contribution in [0.4, 0.5) is 5.69 Å². The maximum atomic E-state index is 12.6. The molecule has 1 unspecified atom stereocenters. The van der Waals surface area contributed by atoms with Crippen LogP contribution in [0.5, 0.6) is 0 Å². The van der Waals surface area contributed by atoms with Gasteiger partial charge in [0.05, 0.1) is 17.4 Å². The van der Waals surface area contributed by atoms with E-state index in [-0.39, 0.29) is 5.91 Å². The number of anilines is 1.